The van der Waals surface area contributed by atoms with Crippen LogP contribution in [-0.4, -0.2) is 62.9 Å². The number of aliphatic imine (C=N–C) groups is 2. The zero-order chi connectivity index (χ0) is 22.1. The van der Waals surface area contributed by atoms with E-state index >= 15 is 0 Å². The van der Waals surface area contributed by atoms with Gasteiger partial charge < -0.3 is 25.8 Å². The Morgan fingerprint density at radius 1 is 1.13 bits per heavy atom. The lowest BCUT2D eigenvalue weighted by atomic mass is 9.79. The SMILES string of the molecule is COc1cc2c(cc1OC)[C@H]1CN(C)CC[C@H]1N=C2c1ccc(C(=O)N=C(N)N)cc1. The van der Waals surface area contributed by atoms with Gasteiger partial charge in [0.2, 0.25) is 0 Å². The molecule has 2 heterocycles. The highest BCUT2D eigenvalue weighted by molar-refractivity contribution is 6.15. The van der Waals surface area contributed by atoms with Gasteiger partial charge in [-0.15, -0.1) is 0 Å². The van der Waals surface area contributed by atoms with Gasteiger partial charge in [0, 0.05) is 29.2 Å². The van der Waals surface area contributed by atoms with E-state index in [1.807, 2.05) is 18.2 Å². The summed E-state index contributed by atoms with van der Waals surface area (Å²) in [5.74, 6) is 0.942. The normalized spacial score (nSPS) is 20.2. The van der Waals surface area contributed by atoms with Gasteiger partial charge in [0.15, 0.2) is 17.5 Å². The molecule has 0 aromatic heterocycles. The number of ether oxygens (including phenoxy) is 2. The van der Waals surface area contributed by atoms with Crippen molar-refractivity contribution in [3.8, 4) is 11.5 Å². The number of likely N-dealkylation sites (N-methyl/N-ethyl adjacent to an activating group) is 1. The van der Waals surface area contributed by atoms with E-state index in [-0.39, 0.29) is 12.0 Å². The Morgan fingerprint density at radius 2 is 1.81 bits per heavy atom. The number of rotatable bonds is 4. The maximum Gasteiger partial charge on any atom is 0.280 e. The highest BCUT2D eigenvalue weighted by Gasteiger charge is 2.36. The van der Waals surface area contributed by atoms with Crippen LogP contribution in [0.25, 0.3) is 0 Å². The van der Waals surface area contributed by atoms with Crippen LogP contribution in [0, 0.1) is 0 Å². The van der Waals surface area contributed by atoms with Gasteiger partial charge in [-0.25, -0.2) is 0 Å². The molecule has 8 heteroatoms. The first-order valence-electron chi connectivity index (χ1n) is 10.2. The van der Waals surface area contributed by atoms with Crippen LogP contribution in [0.15, 0.2) is 46.4 Å². The molecule has 1 saturated heterocycles. The average molecular weight is 422 g/mol. The van der Waals surface area contributed by atoms with Crippen molar-refractivity contribution in [2.75, 3.05) is 34.4 Å². The molecule has 0 radical (unpaired) electrons. The minimum absolute atomic E-state index is 0.194. The van der Waals surface area contributed by atoms with Gasteiger partial charge in [0.25, 0.3) is 5.91 Å². The van der Waals surface area contributed by atoms with Crippen molar-refractivity contribution in [2.45, 2.75) is 18.4 Å². The third-order valence-corrected chi connectivity index (χ3v) is 5.92. The van der Waals surface area contributed by atoms with Gasteiger partial charge >= 0.3 is 0 Å². The third kappa shape index (κ3) is 3.98. The summed E-state index contributed by atoms with van der Waals surface area (Å²) in [5, 5.41) is 0. The second-order valence-electron chi connectivity index (χ2n) is 7.92. The summed E-state index contributed by atoms with van der Waals surface area (Å²) < 4.78 is 11.1. The third-order valence-electron chi connectivity index (χ3n) is 5.92. The number of piperidine rings is 1. The Labute approximate surface area is 181 Å². The molecule has 2 aromatic rings. The first-order chi connectivity index (χ1) is 14.9. The molecule has 2 aliphatic rings. The highest BCUT2D eigenvalue weighted by Crippen LogP contribution is 2.42. The number of carbonyl (C=O) groups excluding carboxylic acids is 1. The van der Waals surface area contributed by atoms with E-state index in [1.165, 1.54) is 5.56 Å². The van der Waals surface area contributed by atoms with Crippen LogP contribution in [0.1, 0.15) is 39.4 Å². The molecular weight excluding hydrogens is 394 g/mol. The maximum atomic E-state index is 12.1. The fourth-order valence-corrected chi connectivity index (χ4v) is 4.39. The molecule has 1 fully saturated rings. The topological polar surface area (TPSA) is 116 Å². The summed E-state index contributed by atoms with van der Waals surface area (Å²) in [7, 11) is 5.42. The van der Waals surface area contributed by atoms with E-state index in [1.54, 1.807) is 26.4 Å². The Hall–Kier alpha value is -3.39. The lowest BCUT2D eigenvalue weighted by molar-refractivity contribution is 0.100. The van der Waals surface area contributed by atoms with Gasteiger partial charge in [0.05, 0.1) is 26.0 Å². The van der Waals surface area contributed by atoms with Crippen molar-refractivity contribution in [1.82, 2.24) is 4.90 Å². The fraction of sp³-hybridized carbons (Fsp3) is 0.348. The average Bonchev–Trinajstić information content (AvgIpc) is 2.77. The van der Waals surface area contributed by atoms with E-state index in [0.29, 0.717) is 23.0 Å². The molecular formula is C23H27N5O3. The molecule has 2 aliphatic heterocycles. The summed E-state index contributed by atoms with van der Waals surface area (Å²) in [5.41, 5.74) is 15.1. The van der Waals surface area contributed by atoms with E-state index in [0.717, 1.165) is 36.3 Å². The highest BCUT2D eigenvalue weighted by atomic mass is 16.5. The molecule has 8 nitrogen and oxygen atoms in total. The number of benzene rings is 2. The zero-order valence-electron chi connectivity index (χ0n) is 18.0. The van der Waals surface area contributed by atoms with Crippen LogP contribution in [-0.2, 0) is 0 Å². The van der Waals surface area contributed by atoms with Crippen LogP contribution in [0.4, 0.5) is 0 Å². The van der Waals surface area contributed by atoms with Gasteiger partial charge in [0.1, 0.15) is 0 Å². The molecule has 0 spiro atoms. The standard InChI is InChI=1S/C23H27N5O3/c1-28-9-8-18-17(12-28)15-10-19(30-2)20(31-3)11-16(15)21(26-18)13-4-6-14(7-5-13)22(29)27-23(24)25/h4-7,10-11,17-18H,8-9,12H2,1-3H3,(H4,24,25,27,29)/t17-,18-/m1/s1. The summed E-state index contributed by atoms with van der Waals surface area (Å²) in [6, 6.07) is 11.5. The number of nitrogens with zero attached hydrogens (tertiary/aromatic N) is 3. The maximum absolute atomic E-state index is 12.1. The van der Waals surface area contributed by atoms with Crippen molar-refractivity contribution in [2.24, 2.45) is 21.5 Å². The van der Waals surface area contributed by atoms with Crippen LogP contribution in [0.3, 0.4) is 0 Å². The van der Waals surface area contributed by atoms with Gasteiger partial charge in [-0.1, -0.05) is 12.1 Å². The van der Waals surface area contributed by atoms with E-state index in [9.17, 15) is 4.79 Å². The smallest absolute Gasteiger partial charge is 0.280 e. The van der Waals surface area contributed by atoms with Crippen molar-refractivity contribution < 1.29 is 14.3 Å². The lowest BCUT2D eigenvalue weighted by Crippen LogP contribution is -2.41. The van der Waals surface area contributed by atoms with Crippen LogP contribution >= 0.6 is 0 Å². The largest absolute Gasteiger partial charge is 0.493 e. The quantitative estimate of drug-likeness (QED) is 0.574. The number of carbonyl (C=O) groups is 1. The van der Waals surface area contributed by atoms with E-state index < -0.39 is 5.91 Å². The summed E-state index contributed by atoms with van der Waals surface area (Å²) >= 11 is 0. The van der Waals surface area contributed by atoms with Gasteiger partial charge in [-0.3, -0.25) is 9.79 Å². The van der Waals surface area contributed by atoms with Gasteiger partial charge in [-0.2, -0.15) is 4.99 Å². The summed E-state index contributed by atoms with van der Waals surface area (Å²) in [6.07, 6.45) is 0.986. The first-order valence-corrected chi connectivity index (χ1v) is 10.2. The Morgan fingerprint density at radius 3 is 2.45 bits per heavy atom. The number of likely N-dealkylation sites (tertiary alicyclic amines) is 1. The van der Waals surface area contributed by atoms with Crippen molar-refractivity contribution in [1.29, 1.82) is 0 Å². The number of guanidine groups is 1. The van der Waals surface area contributed by atoms with E-state index in [2.05, 4.69) is 23.0 Å². The number of amides is 1. The van der Waals surface area contributed by atoms with E-state index in [4.69, 9.17) is 25.9 Å². The first kappa shape index (κ1) is 20.9. The minimum Gasteiger partial charge on any atom is -0.493 e. The minimum atomic E-state index is -0.473. The zero-order valence-corrected chi connectivity index (χ0v) is 18.0. The van der Waals surface area contributed by atoms with Gasteiger partial charge in [-0.05, 0) is 49.8 Å². The number of fused-ring (bicyclic) bond motifs is 3. The molecule has 0 bridgehead atoms. The predicted molar refractivity (Wildman–Crippen MR) is 120 cm³/mol. The fourth-order valence-electron chi connectivity index (χ4n) is 4.39. The second kappa shape index (κ2) is 8.39. The second-order valence-corrected chi connectivity index (χ2v) is 7.92. The Bertz CT molecular complexity index is 1060. The number of hydrogen-bond donors (Lipinski definition) is 2. The molecule has 2 atom stereocenters. The monoisotopic (exact) mass is 421 g/mol. The molecule has 0 aliphatic carbocycles. The molecule has 0 saturated carbocycles. The van der Waals surface area contributed by atoms with Crippen molar-refractivity contribution >= 4 is 17.6 Å². The summed E-state index contributed by atoms with van der Waals surface area (Å²) in [4.78, 5) is 23.2. The van der Waals surface area contributed by atoms with Crippen molar-refractivity contribution in [3.63, 3.8) is 0 Å². The molecule has 1 amide bonds. The molecule has 0 unspecified atom stereocenters. The molecule has 4 N–H and O–H groups in total. The lowest BCUT2D eigenvalue weighted by Gasteiger charge is -2.39. The number of methoxy groups -OCH3 is 2. The molecule has 162 valence electrons. The van der Waals surface area contributed by atoms with Crippen LogP contribution in [0.2, 0.25) is 0 Å². The Balaban J connectivity index is 1.79. The van der Waals surface area contributed by atoms with Crippen LogP contribution in [0.5, 0.6) is 11.5 Å². The number of nitrogens with two attached hydrogens (primary N) is 2. The molecule has 2 aromatic carbocycles. The Kier molecular flexibility index (Phi) is 5.65. The summed E-state index contributed by atoms with van der Waals surface area (Å²) in [6.45, 7) is 1.95. The molecule has 4 rings (SSSR count). The molecule has 31 heavy (non-hydrogen) atoms. The number of hydrogen-bond acceptors (Lipinski definition) is 5. The predicted octanol–water partition coefficient (Wildman–Crippen LogP) is 1.76. The van der Waals surface area contributed by atoms with Crippen LogP contribution < -0.4 is 20.9 Å². The van der Waals surface area contributed by atoms with Crippen molar-refractivity contribution in [3.05, 3.63) is 58.7 Å².